The van der Waals surface area contributed by atoms with Gasteiger partial charge in [-0.15, -0.1) is 0 Å². The van der Waals surface area contributed by atoms with Gasteiger partial charge in [0.25, 0.3) is 0 Å². The van der Waals surface area contributed by atoms with Crippen molar-refractivity contribution in [3.05, 3.63) is 84.8 Å². The minimum atomic E-state index is 0.447. The van der Waals surface area contributed by atoms with Gasteiger partial charge in [-0.2, -0.15) is 0 Å². The largest absolute Gasteiger partial charge is 0.393 e. The maximum Gasteiger partial charge on any atom is 0.159 e. The summed E-state index contributed by atoms with van der Waals surface area (Å²) in [6.45, 7) is 1.98. The van der Waals surface area contributed by atoms with Crippen LogP contribution in [-0.4, -0.2) is 15.0 Å². The van der Waals surface area contributed by atoms with Gasteiger partial charge in [0.05, 0.1) is 5.52 Å². The zero-order chi connectivity index (χ0) is 20.5. The van der Waals surface area contributed by atoms with Gasteiger partial charge in [-0.1, -0.05) is 42.5 Å². The summed E-state index contributed by atoms with van der Waals surface area (Å²) in [4.78, 5) is 13.3. The van der Waals surface area contributed by atoms with E-state index in [4.69, 9.17) is 5.73 Å². The molecule has 0 fully saturated rings. The fourth-order valence-corrected chi connectivity index (χ4v) is 3.55. The monoisotopic (exact) mass is 392 g/mol. The Balaban J connectivity index is 1.51. The zero-order valence-electron chi connectivity index (χ0n) is 16.4. The highest BCUT2D eigenvalue weighted by Crippen LogP contribution is 2.32. The van der Waals surface area contributed by atoms with Crippen LogP contribution in [0.2, 0.25) is 0 Å². The van der Waals surface area contributed by atoms with Crippen molar-refractivity contribution in [2.24, 2.45) is 0 Å². The number of hydrogen-bond donors (Lipinski definition) is 3. The van der Waals surface area contributed by atoms with E-state index in [1.54, 1.807) is 0 Å². The SMILES string of the molecule is Cc1ccc2c(Nc3ncnc(Nc4cccc5ccccc45)c3N)cccc2n1. The number of benzene rings is 3. The molecule has 0 aliphatic rings. The van der Waals surface area contributed by atoms with Gasteiger partial charge in [0.1, 0.15) is 12.0 Å². The average molecular weight is 392 g/mol. The summed E-state index contributed by atoms with van der Waals surface area (Å²) in [7, 11) is 0. The van der Waals surface area contributed by atoms with E-state index in [1.807, 2.05) is 61.5 Å². The lowest BCUT2D eigenvalue weighted by Crippen LogP contribution is -2.05. The number of pyridine rings is 1. The molecule has 2 aromatic heterocycles. The van der Waals surface area contributed by atoms with Gasteiger partial charge in [0, 0.05) is 27.8 Å². The predicted octanol–water partition coefficient (Wildman–Crippen LogP) is 5.56. The number of aryl methyl sites for hydroxylation is 1. The van der Waals surface area contributed by atoms with E-state index < -0.39 is 0 Å². The number of anilines is 5. The third-order valence-electron chi connectivity index (χ3n) is 5.05. The Bertz CT molecular complexity index is 1370. The van der Waals surface area contributed by atoms with E-state index in [2.05, 4.69) is 43.8 Å². The Morgan fingerprint density at radius 3 is 2.17 bits per heavy atom. The van der Waals surface area contributed by atoms with Crippen LogP contribution in [0.3, 0.4) is 0 Å². The van der Waals surface area contributed by atoms with E-state index in [1.165, 1.54) is 6.33 Å². The molecule has 0 radical (unpaired) electrons. The summed E-state index contributed by atoms with van der Waals surface area (Å²) in [5, 5.41) is 9.95. The van der Waals surface area contributed by atoms with Crippen molar-refractivity contribution in [1.29, 1.82) is 0 Å². The fourth-order valence-electron chi connectivity index (χ4n) is 3.55. The Morgan fingerprint density at radius 1 is 0.700 bits per heavy atom. The van der Waals surface area contributed by atoms with Crippen LogP contribution in [0.5, 0.6) is 0 Å². The molecular weight excluding hydrogens is 372 g/mol. The third kappa shape index (κ3) is 3.24. The molecule has 0 aliphatic heterocycles. The quantitative estimate of drug-likeness (QED) is 0.371. The summed E-state index contributed by atoms with van der Waals surface area (Å²) in [5.74, 6) is 1.10. The van der Waals surface area contributed by atoms with Crippen LogP contribution in [0.4, 0.5) is 28.7 Å². The lowest BCUT2D eigenvalue weighted by molar-refractivity contribution is 1.17. The predicted molar refractivity (Wildman–Crippen MR) is 123 cm³/mol. The highest BCUT2D eigenvalue weighted by molar-refractivity contribution is 5.97. The second-order valence-electron chi connectivity index (χ2n) is 7.09. The van der Waals surface area contributed by atoms with E-state index in [0.717, 1.165) is 38.7 Å². The van der Waals surface area contributed by atoms with Crippen molar-refractivity contribution in [2.75, 3.05) is 16.4 Å². The molecule has 3 aromatic carbocycles. The number of hydrogen-bond acceptors (Lipinski definition) is 6. The van der Waals surface area contributed by atoms with E-state index in [-0.39, 0.29) is 0 Å². The molecule has 0 atom stereocenters. The second-order valence-corrected chi connectivity index (χ2v) is 7.09. The van der Waals surface area contributed by atoms with E-state index >= 15 is 0 Å². The highest BCUT2D eigenvalue weighted by Gasteiger charge is 2.11. The Labute approximate surface area is 173 Å². The van der Waals surface area contributed by atoms with Crippen molar-refractivity contribution >= 4 is 50.4 Å². The van der Waals surface area contributed by atoms with Crippen molar-refractivity contribution in [3.63, 3.8) is 0 Å². The van der Waals surface area contributed by atoms with Gasteiger partial charge in [-0.25, -0.2) is 9.97 Å². The molecule has 6 nitrogen and oxygen atoms in total. The molecule has 2 heterocycles. The number of nitrogens with two attached hydrogens (primary N) is 1. The average Bonchev–Trinajstić information content (AvgIpc) is 2.76. The summed E-state index contributed by atoms with van der Waals surface area (Å²) in [5.41, 5.74) is 10.6. The van der Waals surface area contributed by atoms with Crippen molar-refractivity contribution in [2.45, 2.75) is 6.92 Å². The van der Waals surface area contributed by atoms with Crippen LogP contribution in [0.15, 0.2) is 79.1 Å². The zero-order valence-corrected chi connectivity index (χ0v) is 16.4. The minimum Gasteiger partial charge on any atom is -0.393 e. The van der Waals surface area contributed by atoms with Crippen LogP contribution < -0.4 is 16.4 Å². The molecule has 0 amide bonds. The number of aromatic nitrogens is 3. The summed E-state index contributed by atoms with van der Waals surface area (Å²) >= 11 is 0. The Kier molecular flexibility index (Phi) is 4.37. The number of nitrogens with one attached hydrogen (secondary N) is 2. The molecule has 0 aliphatic carbocycles. The Morgan fingerprint density at radius 2 is 1.37 bits per heavy atom. The first-order valence-corrected chi connectivity index (χ1v) is 9.68. The fraction of sp³-hybridized carbons (Fsp3) is 0.0417. The highest BCUT2D eigenvalue weighted by atomic mass is 15.1. The van der Waals surface area contributed by atoms with E-state index in [9.17, 15) is 0 Å². The smallest absolute Gasteiger partial charge is 0.159 e. The molecule has 0 spiro atoms. The standard InChI is InChI=1S/C24H20N6/c1-15-12-13-18-20(28-15)10-5-11-21(18)30-24-22(25)23(26-14-27-24)29-19-9-4-7-16-6-2-3-8-17(16)19/h2-14H,25H2,1H3,(H2,26,27,29,30). The van der Waals surface area contributed by atoms with Crippen LogP contribution in [0, 0.1) is 6.92 Å². The molecule has 0 unspecified atom stereocenters. The lowest BCUT2D eigenvalue weighted by atomic mass is 10.1. The van der Waals surface area contributed by atoms with Crippen molar-refractivity contribution in [3.8, 4) is 0 Å². The lowest BCUT2D eigenvalue weighted by Gasteiger charge is -2.15. The minimum absolute atomic E-state index is 0.447. The topological polar surface area (TPSA) is 88.8 Å². The van der Waals surface area contributed by atoms with Gasteiger partial charge < -0.3 is 16.4 Å². The maximum atomic E-state index is 6.43. The molecule has 0 bridgehead atoms. The molecule has 146 valence electrons. The van der Waals surface area contributed by atoms with Gasteiger partial charge in [0.15, 0.2) is 11.6 Å². The van der Waals surface area contributed by atoms with Gasteiger partial charge in [-0.05, 0) is 42.6 Å². The van der Waals surface area contributed by atoms with Gasteiger partial charge in [0.2, 0.25) is 0 Å². The van der Waals surface area contributed by atoms with Crippen LogP contribution in [-0.2, 0) is 0 Å². The first-order valence-electron chi connectivity index (χ1n) is 9.68. The Hall–Kier alpha value is -4.19. The van der Waals surface area contributed by atoms with E-state index in [0.29, 0.717) is 17.3 Å². The first kappa shape index (κ1) is 17.9. The van der Waals surface area contributed by atoms with Crippen molar-refractivity contribution in [1.82, 2.24) is 15.0 Å². The second kappa shape index (κ2) is 7.33. The third-order valence-corrected chi connectivity index (χ3v) is 5.05. The van der Waals surface area contributed by atoms with Gasteiger partial charge >= 0.3 is 0 Å². The molecule has 5 aromatic rings. The number of nitrogens with zero attached hydrogens (tertiary/aromatic N) is 3. The molecule has 0 saturated carbocycles. The van der Waals surface area contributed by atoms with Crippen molar-refractivity contribution < 1.29 is 0 Å². The molecule has 5 rings (SSSR count). The molecule has 6 heteroatoms. The maximum absolute atomic E-state index is 6.43. The molecule has 4 N–H and O–H groups in total. The summed E-state index contributed by atoms with van der Waals surface area (Å²) in [6.07, 6.45) is 1.50. The first-order chi connectivity index (χ1) is 14.7. The number of fused-ring (bicyclic) bond motifs is 2. The molecular formula is C24H20N6. The van der Waals surface area contributed by atoms with Gasteiger partial charge in [-0.3, -0.25) is 4.98 Å². The van der Waals surface area contributed by atoms with Crippen LogP contribution in [0.25, 0.3) is 21.7 Å². The normalized spacial score (nSPS) is 11.0. The number of rotatable bonds is 4. The number of nitrogen functional groups attached to an aromatic ring is 1. The molecule has 0 saturated heterocycles. The summed E-state index contributed by atoms with van der Waals surface area (Å²) in [6, 6.07) is 24.2. The molecule has 30 heavy (non-hydrogen) atoms. The summed E-state index contributed by atoms with van der Waals surface area (Å²) < 4.78 is 0. The van der Waals surface area contributed by atoms with Crippen LogP contribution >= 0.6 is 0 Å². The van der Waals surface area contributed by atoms with Crippen LogP contribution in [0.1, 0.15) is 5.69 Å².